The van der Waals surface area contributed by atoms with E-state index in [9.17, 15) is 14.4 Å². The standard InChI is InChI=1S/C28H42N4O4/c1-4-16-28(26(34)32(27(35)29-28)20-15-23-6-5-17-30(23)2)22-13-18-31(19-14-22)25(33)12-9-21-7-10-24(36-3)11-8-21/h7-8,10-11,22-23H,4-6,9,12-20H2,1-3H3,(H,29,35)/t23-,28-/m0/s1. The highest BCUT2D eigenvalue weighted by Gasteiger charge is 2.55. The number of piperidine rings is 1. The second-order valence-corrected chi connectivity index (χ2v) is 10.7. The van der Waals surface area contributed by atoms with Crippen LogP contribution in [0.15, 0.2) is 24.3 Å². The third-order valence-corrected chi connectivity index (χ3v) is 8.53. The van der Waals surface area contributed by atoms with Crippen molar-refractivity contribution in [3.63, 3.8) is 0 Å². The molecule has 0 aromatic heterocycles. The lowest BCUT2D eigenvalue weighted by atomic mass is 9.74. The number of hydrogen-bond donors (Lipinski definition) is 1. The van der Waals surface area contributed by atoms with E-state index >= 15 is 0 Å². The molecule has 2 atom stereocenters. The van der Waals surface area contributed by atoms with Crippen LogP contribution in [-0.2, 0) is 16.0 Å². The normalized spacial score (nSPS) is 25.5. The molecular weight excluding hydrogens is 456 g/mol. The van der Waals surface area contributed by atoms with Gasteiger partial charge in [0.05, 0.1) is 7.11 Å². The van der Waals surface area contributed by atoms with E-state index in [0.29, 0.717) is 44.9 Å². The minimum atomic E-state index is -0.828. The Labute approximate surface area is 215 Å². The number of rotatable bonds is 10. The summed E-state index contributed by atoms with van der Waals surface area (Å²) in [6, 6.07) is 8.03. The van der Waals surface area contributed by atoms with E-state index in [0.717, 1.165) is 50.0 Å². The Morgan fingerprint density at radius 3 is 2.44 bits per heavy atom. The molecule has 3 fully saturated rings. The summed E-state index contributed by atoms with van der Waals surface area (Å²) in [6.07, 6.45) is 7.25. The highest BCUT2D eigenvalue weighted by molar-refractivity contribution is 6.07. The smallest absolute Gasteiger partial charge is 0.325 e. The molecule has 8 heteroatoms. The van der Waals surface area contributed by atoms with Crippen molar-refractivity contribution >= 4 is 17.8 Å². The van der Waals surface area contributed by atoms with Crippen molar-refractivity contribution in [3.8, 4) is 5.75 Å². The molecule has 8 nitrogen and oxygen atoms in total. The molecule has 3 saturated heterocycles. The summed E-state index contributed by atoms with van der Waals surface area (Å²) in [5, 5.41) is 3.13. The molecule has 36 heavy (non-hydrogen) atoms. The average molecular weight is 499 g/mol. The van der Waals surface area contributed by atoms with E-state index in [2.05, 4.69) is 24.2 Å². The van der Waals surface area contributed by atoms with Crippen LogP contribution < -0.4 is 10.1 Å². The van der Waals surface area contributed by atoms with Gasteiger partial charge in [0.2, 0.25) is 5.91 Å². The third-order valence-electron chi connectivity index (χ3n) is 8.53. The molecule has 3 aliphatic rings. The first-order valence-corrected chi connectivity index (χ1v) is 13.6. The SMILES string of the molecule is CCC[C@@]1(C2CCN(C(=O)CCc3ccc(OC)cc3)CC2)NC(=O)N(CC[C@@H]2CCCN2C)C1=O. The van der Waals surface area contributed by atoms with Crippen LogP contribution >= 0.6 is 0 Å². The Kier molecular flexibility index (Phi) is 8.54. The maximum Gasteiger partial charge on any atom is 0.325 e. The van der Waals surface area contributed by atoms with Crippen molar-refractivity contribution in [1.29, 1.82) is 0 Å². The summed E-state index contributed by atoms with van der Waals surface area (Å²) in [5.74, 6) is 0.960. The second kappa shape index (κ2) is 11.6. The van der Waals surface area contributed by atoms with Crippen LogP contribution in [0.2, 0.25) is 0 Å². The molecular formula is C28H42N4O4. The fourth-order valence-corrected chi connectivity index (χ4v) is 6.34. The van der Waals surface area contributed by atoms with Crippen LogP contribution in [0.1, 0.15) is 63.9 Å². The first-order valence-electron chi connectivity index (χ1n) is 13.6. The lowest BCUT2D eigenvalue weighted by molar-refractivity contribution is -0.136. The van der Waals surface area contributed by atoms with Crippen molar-refractivity contribution < 1.29 is 19.1 Å². The summed E-state index contributed by atoms with van der Waals surface area (Å²) < 4.78 is 5.20. The number of nitrogens with one attached hydrogen (secondary N) is 1. The van der Waals surface area contributed by atoms with Gasteiger partial charge in [0.1, 0.15) is 11.3 Å². The molecule has 0 saturated carbocycles. The highest BCUT2D eigenvalue weighted by Crippen LogP contribution is 2.37. The number of imide groups is 1. The Balaban J connectivity index is 1.32. The van der Waals surface area contributed by atoms with E-state index in [-0.39, 0.29) is 23.8 Å². The van der Waals surface area contributed by atoms with Gasteiger partial charge in [-0.2, -0.15) is 0 Å². The molecule has 1 N–H and O–H groups in total. The van der Waals surface area contributed by atoms with E-state index in [4.69, 9.17) is 4.74 Å². The molecule has 0 unspecified atom stereocenters. The van der Waals surface area contributed by atoms with Crippen LogP contribution in [-0.4, -0.2) is 84.5 Å². The maximum atomic E-state index is 13.7. The van der Waals surface area contributed by atoms with Gasteiger partial charge in [-0.15, -0.1) is 0 Å². The second-order valence-electron chi connectivity index (χ2n) is 10.7. The average Bonchev–Trinajstić information content (AvgIpc) is 3.41. The number of methoxy groups -OCH3 is 1. The third kappa shape index (κ3) is 5.53. The number of benzene rings is 1. The number of aryl methyl sites for hydroxylation is 1. The van der Waals surface area contributed by atoms with Crippen molar-refractivity contribution in [3.05, 3.63) is 29.8 Å². The van der Waals surface area contributed by atoms with Gasteiger partial charge >= 0.3 is 6.03 Å². The van der Waals surface area contributed by atoms with Gasteiger partial charge in [-0.1, -0.05) is 25.5 Å². The van der Waals surface area contributed by atoms with Crippen LogP contribution in [0, 0.1) is 5.92 Å². The number of amides is 4. The minimum Gasteiger partial charge on any atom is -0.497 e. The summed E-state index contributed by atoms with van der Waals surface area (Å²) >= 11 is 0. The Morgan fingerprint density at radius 1 is 1.11 bits per heavy atom. The summed E-state index contributed by atoms with van der Waals surface area (Å²) in [6.45, 7) is 4.89. The molecule has 3 heterocycles. The number of likely N-dealkylation sites (tertiary alicyclic amines) is 2. The lowest BCUT2D eigenvalue weighted by Gasteiger charge is -2.41. The monoisotopic (exact) mass is 498 g/mol. The first kappa shape index (κ1) is 26.5. The number of hydrogen-bond acceptors (Lipinski definition) is 5. The van der Waals surface area contributed by atoms with Gasteiger partial charge in [-0.3, -0.25) is 14.5 Å². The molecule has 4 amide bonds. The molecule has 1 aromatic rings. The molecule has 0 radical (unpaired) electrons. The topological polar surface area (TPSA) is 82.2 Å². The molecule has 198 valence electrons. The predicted molar refractivity (Wildman–Crippen MR) is 139 cm³/mol. The van der Waals surface area contributed by atoms with E-state index in [1.54, 1.807) is 7.11 Å². The number of carbonyl (C=O) groups is 3. The molecule has 0 spiro atoms. The van der Waals surface area contributed by atoms with Gasteiger partial charge in [-0.05, 0) is 82.2 Å². The zero-order valence-corrected chi connectivity index (χ0v) is 22.1. The van der Waals surface area contributed by atoms with Crippen LogP contribution in [0.4, 0.5) is 4.79 Å². The fourth-order valence-electron chi connectivity index (χ4n) is 6.34. The highest BCUT2D eigenvalue weighted by atomic mass is 16.5. The van der Waals surface area contributed by atoms with Crippen molar-refractivity contribution in [1.82, 2.24) is 20.0 Å². The predicted octanol–water partition coefficient (Wildman–Crippen LogP) is 3.44. The Hall–Kier alpha value is -2.61. The van der Waals surface area contributed by atoms with E-state index in [1.807, 2.05) is 29.2 Å². The van der Waals surface area contributed by atoms with Gasteiger partial charge in [-0.25, -0.2) is 4.79 Å². The minimum absolute atomic E-state index is 0.0543. The summed E-state index contributed by atoms with van der Waals surface area (Å²) in [4.78, 5) is 45.2. The largest absolute Gasteiger partial charge is 0.497 e. The molecule has 0 bridgehead atoms. The molecule has 0 aliphatic carbocycles. The quantitative estimate of drug-likeness (QED) is 0.500. The molecule has 1 aromatic carbocycles. The van der Waals surface area contributed by atoms with E-state index < -0.39 is 5.54 Å². The number of urea groups is 1. The van der Waals surface area contributed by atoms with Gasteiger partial charge < -0.3 is 19.9 Å². The fraction of sp³-hybridized carbons (Fsp3) is 0.679. The van der Waals surface area contributed by atoms with Gasteiger partial charge in [0.25, 0.3) is 5.91 Å². The number of ether oxygens (including phenoxy) is 1. The zero-order chi connectivity index (χ0) is 25.7. The maximum absolute atomic E-state index is 13.7. The van der Waals surface area contributed by atoms with E-state index in [1.165, 1.54) is 11.3 Å². The summed E-state index contributed by atoms with van der Waals surface area (Å²) in [7, 11) is 3.76. The lowest BCUT2D eigenvalue weighted by Crippen LogP contribution is -2.56. The van der Waals surface area contributed by atoms with Gasteiger partial charge in [0, 0.05) is 32.1 Å². The van der Waals surface area contributed by atoms with Crippen LogP contribution in [0.25, 0.3) is 0 Å². The summed E-state index contributed by atoms with van der Waals surface area (Å²) in [5.41, 5.74) is 0.287. The van der Waals surface area contributed by atoms with Gasteiger partial charge in [0.15, 0.2) is 0 Å². The molecule has 4 rings (SSSR count). The Morgan fingerprint density at radius 2 is 1.83 bits per heavy atom. The van der Waals surface area contributed by atoms with Crippen molar-refractivity contribution in [2.75, 3.05) is 40.3 Å². The number of carbonyl (C=O) groups excluding carboxylic acids is 3. The van der Waals surface area contributed by atoms with Crippen LogP contribution in [0.5, 0.6) is 5.75 Å². The zero-order valence-electron chi connectivity index (χ0n) is 22.1. The van der Waals surface area contributed by atoms with Crippen molar-refractivity contribution in [2.45, 2.75) is 76.3 Å². The molecule has 3 aliphatic heterocycles. The number of nitrogens with zero attached hydrogens (tertiary/aromatic N) is 3. The van der Waals surface area contributed by atoms with Crippen LogP contribution in [0.3, 0.4) is 0 Å². The first-order chi connectivity index (χ1) is 17.4. The Bertz CT molecular complexity index is 928. The van der Waals surface area contributed by atoms with Crippen molar-refractivity contribution in [2.24, 2.45) is 5.92 Å².